The summed E-state index contributed by atoms with van der Waals surface area (Å²) in [5.74, 6) is -0.991. The van der Waals surface area contributed by atoms with Gasteiger partial charge in [0.25, 0.3) is 5.91 Å². The normalized spacial score (nSPS) is 10.6. The van der Waals surface area contributed by atoms with Crippen LogP contribution in [0.3, 0.4) is 0 Å². The number of esters is 1. The highest BCUT2D eigenvalue weighted by molar-refractivity contribution is 7.99. The Morgan fingerprint density at radius 3 is 2.70 bits per heavy atom. The Morgan fingerprint density at radius 2 is 1.93 bits per heavy atom. The van der Waals surface area contributed by atoms with Gasteiger partial charge in [-0.05, 0) is 37.3 Å². The van der Waals surface area contributed by atoms with Crippen LogP contribution in [0.5, 0.6) is 0 Å². The number of amides is 2. The predicted octanol–water partition coefficient (Wildman–Crippen LogP) is 2.69. The van der Waals surface area contributed by atoms with E-state index in [9.17, 15) is 14.4 Å². The van der Waals surface area contributed by atoms with Crippen LogP contribution in [-0.2, 0) is 20.9 Å². The number of aryl methyl sites for hydroxylation is 1. The summed E-state index contributed by atoms with van der Waals surface area (Å²) in [6.45, 7) is 2.57. The minimum Gasteiger partial charge on any atom is -0.468 e. The number of aromatic nitrogens is 2. The van der Waals surface area contributed by atoms with Crippen molar-refractivity contribution in [2.24, 2.45) is 0 Å². The van der Waals surface area contributed by atoms with E-state index in [4.69, 9.17) is 0 Å². The van der Waals surface area contributed by atoms with Crippen LogP contribution in [0.2, 0.25) is 0 Å². The molecule has 0 fully saturated rings. The van der Waals surface area contributed by atoms with E-state index in [1.807, 2.05) is 31.2 Å². The van der Waals surface area contributed by atoms with Gasteiger partial charge in [-0.15, -0.1) is 0 Å². The number of anilines is 1. The molecule has 8 nitrogen and oxygen atoms in total. The van der Waals surface area contributed by atoms with E-state index >= 15 is 0 Å². The van der Waals surface area contributed by atoms with Gasteiger partial charge in [0.1, 0.15) is 6.54 Å². The molecule has 0 spiro atoms. The van der Waals surface area contributed by atoms with E-state index in [-0.39, 0.29) is 18.2 Å². The molecular formula is C21H22N4O4S. The molecule has 2 aromatic carbocycles. The second-order valence-corrected chi connectivity index (χ2v) is 7.25. The van der Waals surface area contributed by atoms with Gasteiger partial charge < -0.3 is 19.9 Å². The van der Waals surface area contributed by atoms with E-state index in [0.29, 0.717) is 11.3 Å². The Labute approximate surface area is 178 Å². The molecule has 2 amide bonds. The SMILES string of the molecule is CCn1c(SCC(=O)Nc2cccc(C(=O)NCC(=O)OC)c2)nc2ccccc21. The molecule has 1 heterocycles. The third kappa shape index (κ3) is 5.18. The second-order valence-electron chi connectivity index (χ2n) is 6.30. The monoisotopic (exact) mass is 426 g/mol. The molecule has 0 radical (unpaired) electrons. The number of rotatable bonds is 8. The number of benzene rings is 2. The lowest BCUT2D eigenvalue weighted by atomic mass is 10.2. The molecule has 1 aromatic heterocycles. The molecule has 2 N–H and O–H groups in total. The summed E-state index contributed by atoms with van der Waals surface area (Å²) in [6.07, 6.45) is 0. The van der Waals surface area contributed by atoms with Crippen molar-refractivity contribution in [1.29, 1.82) is 0 Å². The Hall–Kier alpha value is -3.33. The Bertz CT molecular complexity index is 1080. The highest BCUT2D eigenvalue weighted by Crippen LogP contribution is 2.24. The number of carbonyl (C=O) groups is 3. The van der Waals surface area contributed by atoms with E-state index < -0.39 is 11.9 Å². The van der Waals surface area contributed by atoms with Crippen LogP contribution in [0.15, 0.2) is 53.7 Å². The average molecular weight is 426 g/mol. The predicted molar refractivity (Wildman–Crippen MR) is 116 cm³/mol. The van der Waals surface area contributed by atoms with Crippen molar-refractivity contribution < 1.29 is 19.1 Å². The number of thioether (sulfide) groups is 1. The van der Waals surface area contributed by atoms with Gasteiger partial charge in [-0.25, -0.2) is 4.98 Å². The van der Waals surface area contributed by atoms with Gasteiger partial charge in [0, 0.05) is 17.8 Å². The fourth-order valence-corrected chi connectivity index (χ4v) is 3.74. The number of carbonyl (C=O) groups excluding carboxylic acids is 3. The maximum atomic E-state index is 12.4. The van der Waals surface area contributed by atoms with Crippen LogP contribution in [0.4, 0.5) is 5.69 Å². The van der Waals surface area contributed by atoms with E-state index in [2.05, 4.69) is 24.9 Å². The van der Waals surface area contributed by atoms with Crippen molar-refractivity contribution in [2.75, 3.05) is 24.7 Å². The van der Waals surface area contributed by atoms with Gasteiger partial charge in [-0.2, -0.15) is 0 Å². The topological polar surface area (TPSA) is 102 Å². The molecule has 30 heavy (non-hydrogen) atoms. The van der Waals surface area contributed by atoms with Gasteiger partial charge in [0.15, 0.2) is 5.16 Å². The van der Waals surface area contributed by atoms with Crippen molar-refractivity contribution in [2.45, 2.75) is 18.6 Å². The third-order valence-electron chi connectivity index (χ3n) is 4.30. The molecule has 0 bridgehead atoms. The highest BCUT2D eigenvalue weighted by Gasteiger charge is 2.13. The van der Waals surface area contributed by atoms with E-state index in [0.717, 1.165) is 22.7 Å². The Kier molecular flexibility index (Phi) is 7.08. The number of hydrogen-bond donors (Lipinski definition) is 2. The lowest BCUT2D eigenvalue weighted by molar-refractivity contribution is -0.139. The van der Waals surface area contributed by atoms with Gasteiger partial charge in [-0.1, -0.05) is 30.0 Å². The molecule has 0 saturated carbocycles. The molecule has 9 heteroatoms. The molecule has 0 atom stereocenters. The number of imidazole rings is 1. The first kappa shape index (κ1) is 21.4. The number of methoxy groups -OCH3 is 1. The molecule has 0 aliphatic carbocycles. The number of fused-ring (bicyclic) bond motifs is 1. The molecule has 3 rings (SSSR count). The first-order valence-electron chi connectivity index (χ1n) is 9.34. The van der Waals surface area contributed by atoms with Crippen LogP contribution in [0.25, 0.3) is 11.0 Å². The summed E-state index contributed by atoms with van der Waals surface area (Å²) in [6, 6.07) is 14.4. The molecule has 0 aliphatic rings. The maximum Gasteiger partial charge on any atom is 0.325 e. The fraction of sp³-hybridized carbons (Fsp3) is 0.238. The van der Waals surface area contributed by atoms with Gasteiger partial charge in [0.05, 0.1) is 23.9 Å². The summed E-state index contributed by atoms with van der Waals surface area (Å²) >= 11 is 1.36. The van der Waals surface area contributed by atoms with E-state index in [1.54, 1.807) is 24.3 Å². The molecule has 0 aliphatic heterocycles. The summed E-state index contributed by atoms with van der Waals surface area (Å²) in [7, 11) is 1.25. The lowest BCUT2D eigenvalue weighted by Gasteiger charge is -2.08. The van der Waals surface area contributed by atoms with Crippen LogP contribution in [-0.4, -0.2) is 46.7 Å². The Balaban J connectivity index is 1.60. The number of nitrogens with zero attached hydrogens (tertiary/aromatic N) is 2. The molecule has 0 unspecified atom stereocenters. The largest absolute Gasteiger partial charge is 0.468 e. The van der Waals surface area contributed by atoms with Crippen LogP contribution < -0.4 is 10.6 Å². The molecule has 3 aromatic rings. The minimum atomic E-state index is -0.539. The molecule has 0 saturated heterocycles. The van der Waals surface area contributed by atoms with Crippen LogP contribution in [0.1, 0.15) is 17.3 Å². The first-order valence-corrected chi connectivity index (χ1v) is 10.3. The third-order valence-corrected chi connectivity index (χ3v) is 5.27. The van der Waals surface area contributed by atoms with Crippen molar-refractivity contribution in [3.05, 3.63) is 54.1 Å². The first-order chi connectivity index (χ1) is 14.5. The number of ether oxygens (including phenoxy) is 1. The highest BCUT2D eigenvalue weighted by atomic mass is 32.2. The maximum absolute atomic E-state index is 12.4. The summed E-state index contributed by atoms with van der Waals surface area (Å²) in [5, 5.41) is 6.03. The van der Waals surface area contributed by atoms with Crippen LogP contribution in [0, 0.1) is 0 Å². The minimum absolute atomic E-state index is 0.183. The summed E-state index contributed by atoms with van der Waals surface area (Å²) in [4.78, 5) is 40.3. The zero-order valence-electron chi connectivity index (χ0n) is 16.7. The summed E-state index contributed by atoms with van der Waals surface area (Å²) < 4.78 is 6.56. The number of hydrogen-bond acceptors (Lipinski definition) is 6. The molecule has 156 valence electrons. The lowest BCUT2D eigenvalue weighted by Crippen LogP contribution is -2.30. The second kappa shape index (κ2) is 9.93. The van der Waals surface area contributed by atoms with E-state index in [1.165, 1.54) is 18.9 Å². The van der Waals surface area contributed by atoms with Crippen molar-refractivity contribution in [3.8, 4) is 0 Å². The van der Waals surface area contributed by atoms with Crippen molar-refractivity contribution in [1.82, 2.24) is 14.9 Å². The average Bonchev–Trinajstić information content (AvgIpc) is 3.13. The quantitative estimate of drug-likeness (QED) is 0.424. The standard InChI is InChI=1S/C21H22N4O4S/c1-3-25-17-10-5-4-9-16(17)24-21(25)30-13-18(26)23-15-8-6-7-14(11-15)20(28)22-12-19(27)29-2/h4-11H,3,12-13H2,1-2H3,(H,22,28)(H,23,26). The zero-order valence-corrected chi connectivity index (χ0v) is 17.5. The van der Waals surface area contributed by atoms with Gasteiger partial charge in [0.2, 0.25) is 5.91 Å². The zero-order chi connectivity index (χ0) is 21.5. The fourth-order valence-electron chi connectivity index (χ4n) is 2.86. The number of para-hydroxylation sites is 2. The van der Waals surface area contributed by atoms with Crippen molar-refractivity contribution in [3.63, 3.8) is 0 Å². The smallest absolute Gasteiger partial charge is 0.325 e. The number of nitrogens with one attached hydrogen (secondary N) is 2. The molecular weight excluding hydrogens is 404 g/mol. The van der Waals surface area contributed by atoms with Gasteiger partial charge >= 0.3 is 5.97 Å². The van der Waals surface area contributed by atoms with Gasteiger partial charge in [-0.3, -0.25) is 14.4 Å². The van der Waals surface area contributed by atoms with Crippen LogP contribution >= 0.6 is 11.8 Å². The Morgan fingerprint density at radius 1 is 1.13 bits per heavy atom. The van der Waals surface area contributed by atoms with Crippen molar-refractivity contribution >= 4 is 46.3 Å². The summed E-state index contributed by atoms with van der Waals surface area (Å²) in [5.41, 5.74) is 2.76.